The van der Waals surface area contributed by atoms with Gasteiger partial charge in [-0.3, -0.25) is 0 Å². The molecule has 0 aromatic rings. The van der Waals surface area contributed by atoms with E-state index in [2.05, 4.69) is 54.7 Å². The van der Waals surface area contributed by atoms with Crippen molar-refractivity contribution in [2.24, 2.45) is 0 Å². The van der Waals surface area contributed by atoms with Crippen molar-refractivity contribution in [1.82, 2.24) is 0 Å². The summed E-state index contributed by atoms with van der Waals surface area (Å²) in [5, 5.41) is 10.4. The van der Waals surface area contributed by atoms with Gasteiger partial charge in [0.2, 0.25) is 0 Å². The highest BCUT2D eigenvalue weighted by Gasteiger charge is 2.45. The van der Waals surface area contributed by atoms with Gasteiger partial charge >= 0.3 is 7.12 Å². The average molecular weight is 380 g/mol. The van der Waals surface area contributed by atoms with E-state index in [4.69, 9.17) is 13.8 Å². The predicted octanol–water partition coefficient (Wildman–Crippen LogP) is 4.67. The van der Waals surface area contributed by atoms with Crippen LogP contribution in [0.3, 0.4) is 0 Å². The monoisotopic (exact) mass is 380 g/mol. The lowest BCUT2D eigenvalue weighted by atomic mass is 9.72. The van der Waals surface area contributed by atoms with E-state index >= 15 is 0 Å². The maximum atomic E-state index is 10.4. The Morgan fingerprint density at radius 3 is 2.35 bits per heavy atom. The Kier molecular flexibility index (Phi) is 9.55. The molecule has 148 valence electrons. The van der Waals surface area contributed by atoms with Gasteiger partial charge in [-0.2, -0.15) is 0 Å². The first kappa shape index (κ1) is 23.4. The molecular formula is C20H37BO4Si. The van der Waals surface area contributed by atoms with E-state index in [1.165, 1.54) is 0 Å². The highest BCUT2D eigenvalue weighted by molar-refractivity contribution is 6.77. The Balaban J connectivity index is 2.71. The SMILES string of the molecule is C=CCOCC(=C)C1=CCC(CO[Si](C(C)C)(C(C)C)C(C)C)OB1O. The number of hydrogen-bond acceptors (Lipinski definition) is 4. The molecule has 0 aromatic heterocycles. The normalized spacial score (nSPS) is 18.6. The predicted molar refractivity (Wildman–Crippen MR) is 113 cm³/mol. The van der Waals surface area contributed by atoms with Crippen molar-refractivity contribution in [3.05, 3.63) is 36.4 Å². The summed E-state index contributed by atoms with van der Waals surface area (Å²) >= 11 is 0. The Bertz CT molecular complexity index is 480. The number of rotatable bonds is 11. The van der Waals surface area contributed by atoms with E-state index in [0.717, 1.165) is 5.57 Å². The molecule has 1 heterocycles. The summed E-state index contributed by atoms with van der Waals surface area (Å²) in [7, 11) is -2.89. The third-order valence-electron chi connectivity index (χ3n) is 5.33. The Morgan fingerprint density at radius 2 is 1.88 bits per heavy atom. The number of hydrogen-bond donors (Lipinski definition) is 1. The van der Waals surface area contributed by atoms with E-state index in [9.17, 15) is 5.02 Å². The first-order valence-electron chi connectivity index (χ1n) is 9.71. The van der Waals surface area contributed by atoms with Crippen molar-refractivity contribution in [1.29, 1.82) is 0 Å². The molecule has 1 N–H and O–H groups in total. The summed E-state index contributed by atoms with van der Waals surface area (Å²) in [6.45, 7) is 22.6. The van der Waals surface area contributed by atoms with Gasteiger partial charge in [0.25, 0.3) is 0 Å². The van der Waals surface area contributed by atoms with Gasteiger partial charge in [-0.25, -0.2) is 0 Å². The van der Waals surface area contributed by atoms with Crippen LogP contribution in [-0.4, -0.2) is 46.4 Å². The second-order valence-corrected chi connectivity index (χ2v) is 13.5. The molecule has 0 saturated heterocycles. The maximum Gasteiger partial charge on any atom is 0.491 e. The summed E-state index contributed by atoms with van der Waals surface area (Å²) in [4.78, 5) is 0. The maximum absolute atomic E-state index is 10.4. The lowest BCUT2D eigenvalue weighted by Gasteiger charge is -2.43. The molecule has 4 nitrogen and oxygen atoms in total. The van der Waals surface area contributed by atoms with Crippen LogP contribution in [0.4, 0.5) is 0 Å². The topological polar surface area (TPSA) is 47.9 Å². The van der Waals surface area contributed by atoms with Crippen LogP contribution < -0.4 is 0 Å². The first-order valence-corrected chi connectivity index (χ1v) is 11.8. The molecule has 1 unspecified atom stereocenters. The van der Waals surface area contributed by atoms with Gasteiger partial charge < -0.3 is 18.8 Å². The first-order chi connectivity index (χ1) is 12.2. The molecule has 0 aliphatic carbocycles. The molecule has 0 fully saturated rings. The van der Waals surface area contributed by atoms with Gasteiger partial charge in [-0.15, -0.1) is 6.58 Å². The lowest BCUT2D eigenvalue weighted by Crippen LogP contribution is -2.50. The standard InChI is InChI=1S/C20H37BO4Si/c1-9-12-23-13-18(8)20-11-10-19(25-21(20)22)14-24-26(15(2)3,16(4)5)17(6)7/h9,11,15-17,19,22H,1,8,10,12-14H2,2-7H3. The van der Waals surface area contributed by atoms with Gasteiger partial charge in [0.05, 0.1) is 25.9 Å². The Morgan fingerprint density at radius 1 is 1.31 bits per heavy atom. The van der Waals surface area contributed by atoms with Crippen LogP contribution in [0.5, 0.6) is 0 Å². The third kappa shape index (κ3) is 5.67. The molecule has 1 atom stereocenters. The molecule has 0 radical (unpaired) electrons. The number of ether oxygens (including phenoxy) is 1. The van der Waals surface area contributed by atoms with Crippen molar-refractivity contribution >= 4 is 15.4 Å². The average Bonchev–Trinajstić information content (AvgIpc) is 2.54. The minimum absolute atomic E-state index is 0.126. The highest BCUT2D eigenvalue weighted by Crippen LogP contribution is 2.42. The van der Waals surface area contributed by atoms with Crippen LogP contribution in [0.15, 0.2) is 36.4 Å². The van der Waals surface area contributed by atoms with Crippen molar-refractivity contribution in [3.63, 3.8) is 0 Å². The van der Waals surface area contributed by atoms with Crippen LogP contribution in [0.2, 0.25) is 16.6 Å². The Labute approximate surface area is 161 Å². The zero-order valence-corrected chi connectivity index (χ0v) is 18.5. The minimum Gasteiger partial charge on any atom is -0.423 e. The second kappa shape index (κ2) is 10.6. The van der Waals surface area contributed by atoms with Crippen LogP contribution in [0, 0.1) is 0 Å². The van der Waals surface area contributed by atoms with Gasteiger partial charge in [0, 0.05) is 0 Å². The molecule has 0 spiro atoms. The fourth-order valence-corrected chi connectivity index (χ4v) is 9.66. The summed E-state index contributed by atoms with van der Waals surface area (Å²) in [6.07, 6.45) is 4.28. The smallest absolute Gasteiger partial charge is 0.423 e. The van der Waals surface area contributed by atoms with Crippen molar-refractivity contribution in [2.75, 3.05) is 19.8 Å². The fourth-order valence-electron chi connectivity index (χ4n) is 4.18. The van der Waals surface area contributed by atoms with E-state index in [0.29, 0.717) is 48.3 Å². The van der Waals surface area contributed by atoms with Crippen LogP contribution in [0.1, 0.15) is 48.0 Å². The summed E-state index contributed by atoms with van der Waals surface area (Å²) in [6, 6.07) is 0. The lowest BCUT2D eigenvalue weighted by molar-refractivity contribution is 0.0972. The third-order valence-corrected chi connectivity index (χ3v) is 11.4. The largest absolute Gasteiger partial charge is 0.491 e. The van der Waals surface area contributed by atoms with Crippen molar-refractivity contribution in [3.8, 4) is 0 Å². The van der Waals surface area contributed by atoms with Crippen molar-refractivity contribution in [2.45, 2.75) is 70.7 Å². The molecule has 1 rings (SSSR count). The van der Waals surface area contributed by atoms with E-state index in [-0.39, 0.29) is 6.10 Å². The summed E-state index contributed by atoms with van der Waals surface area (Å²) < 4.78 is 17.8. The molecule has 0 amide bonds. The van der Waals surface area contributed by atoms with Gasteiger partial charge in [-0.1, -0.05) is 60.3 Å². The van der Waals surface area contributed by atoms with E-state index in [1.807, 2.05) is 6.08 Å². The minimum atomic E-state index is -1.92. The molecule has 1 aliphatic heterocycles. The quantitative estimate of drug-likeness (QED) is 0.321. The van der Waals surface area contributed by atoms with Gasteiger partial charge in [0.1, 0.15) is 0 Å². The van der Waals surface area contributed by atoms with Crippen molar-refractivity contribution < 1.29 is 18.8 Å². The van der Waals surface area contributed by atoms with E-state index in [1.54, 1.807) is 6.08 Å². The summed E-state index contributed by atoms with van der Waals surface area (Å²) in [5.74, 6) is 0. The van der Waals surface area contributed by atoms with Crippen LogP contribution in [-0.2, 0) is 13.8 Å². The molecule has 0 saturated carbocycles. The second-order valence-electron chi connectivity index (χ2n) is 8.04. The Hall–Kier alpha value is -0.658. The van der Waals surface area contributed by atoms with Gasteiger partial charge in [-0.05, 0) is 34.1 Å². The van der Waals surface area contributed by atoms with Crippen LogP contribution >= 0.6 is 0 Å². The summed E-state index contributed by atoms with van der Waals surface area (Å²) in [5.41, 5.74) is 3.05. The fraction of sp³-hybridized carbons (Fsp3) is 0.700. The highest BCUT2D eigenvalue weighted by atomic mass is 28.4. The van der Waals surface area contributed by atoms with Gasteiger partial charge in [0.15, 0.2) is 8.32 Å². The van der Waals surface area contributed by atoms with Crippen LogP contribution in [0.25, 0.3) is 0 Å². The molecule has 26 heavy (non-hydrogen) atoms. The van der Waals surface area contributed by atoms with E-state index < -0.39 is 15.4 Å². The molecule has 0 bridgehead atoms. The zero-order chi connectivity index (χ0) is 19.9. The molecule has 6 heteroatoms. The molecular weight excluding hydrogens is 343 g/mol. The zero-order valence-electron chi connectivity index (χ0n) is 17.5. The molecule has 1 aliphatic rings. The molecule has 0 aromatic carbocycles.